The zero-order valence-electron chi connectivity index (χ0n) is 15.9. The third kappa shape index (κ3) is 5.62. The second-order valence-electron chi connectivity index (χ2n) is 8.08. The molecular weight excluding hydrogens is 330 g/mol. The Labute approximate surface area is 156 Å². The standard InChI is InChI=1S/C22H32F2N2/c1-17(12-19-9-10-20(23)13-22(19)24)14-25-15-21-8-5-11-26(21)16-18-6-3-2-4-7-18/h9-10,12-13,18,21,25H,2-8,11,14-16H2,1H3/b17-12+/t21-/m0/s1. The van der Waals surface area contributed by atoms with Crippen LogP contribution in [0.5, 0.6) is 0 Å². The quantitative estimate of drug-likeness (QED) is 0.734. The van der Waals surface area contributed by atoms with E-state index >= 15 is 0 Å². The molecule has 1 heterocycles. The largest absolute Gasteiger partial charge is 0.311 e. The van der Waals surface area contributed by atoms with Crippen molar-refractivity contribution in [1.82, 2.24) is 10.2 Å². The van der Waals surface area contributed by atoms with Crippen molar-refractivity contribution in [2.45, 2.75) is 57.9 Å². The van der Waals surface area contributed by atoms with Crippen LogP contribution in [-0.2, 0) is 0 Å². The van der Waals surface area contributed by atoms with Gasteiger partial charge in [-0.3, -0.25) is 4.90 Å². The first-order valence-corrected chi connectivity index (χ1v) is 10.2. The van der Waals surface area contributed by atoms with E-state index in [1.54, 1.807) is 6.08 Å². The lowest BCUT2D eigenvalue weighted by Crippen LogP contribution is -2.41. The Morgan fingerprint density at radius 2 is 1.96 bits per heavy atom. The highest BCUT2D eigenvalue weighted by Gasteiger charge is 2.26. The maximum Gasteiger partial charge on any atom is 0.133 e. The van der Waals surface area contributed by atoms with Gasteiger partial charge in [0.25, 0.3) is 0 Å². The molecule has 0 unspecified atom stereocenters. The van der Waals surface area contributed by atoms with E-state index in [0.29, 0.717) is 11.6 Å². The lowest BCUT2D eigenvalue weighted by Gasteiger charge is -2.31. The number of nitrogens with zero attached hydrogens (tertiary/aromatic N) is 1. The van der Waals surface area contributed by atoms with Gasteiger partial charge in [0.2, 0.25) is 0 Å². The molecule has 3 rings (SSSR count). The first-order valence-electron chi connectivity index (χ1n) is 10.2. The predicted octanol–water partition coefficient (Wildman–Crippen LogP) is 5.00. The normalized spacial score (nSPS) is 22.9. The maximum atomic E-state index is 13.7. The van der Waals surface area contributed by atoms with E-state index in [-0.39, 0.29) is 0 Å². The Bertz CT molecular complexity index is 608. The number of benzene rings is 1. The maximum absolute atomic E-state index is 13.7. The Hall–Kier alpha value is -1.26. The molecule has 1 aromatic carbocycles. The molecule has 1 aromatic rings. The summed E-state index contributed by atoms with van der Waals surface area (Å²) in [7, 11) is 0. The van der Waals surface area contributed by atoms with E-state index in [9.17, 15) is 8.78 Å². The summed E-state index contributed by atoms with van der Waals surface area (Å²) in [4.78, 5) is 2.68. The lowest BCUT2D eigenvalue weighted by atomic mass is 9.89. The molecule has 2 aliphatic rings. The third-order valence-corrected chi connectivity index (χ3v) is 5.86. The average Bonchev–Trinajstić information content (AvgIpc) is 3.05. The number of rotatable bonds is 7. The van der Waals surface area contributed by atoms with E-state index in [1.165, 1.54) is 70.2 Å². The van der Waals surface area contributed by atoms with Gasteiger partial charge in [-0.2, -0.15) is 0 Å². The molecule has 1 saturated heterocycles. The summed E-state index contributed by atoms with van der Waals surface area (Å²) in [6.45, 7) is 6.22. The Balaban J connectivity index is 1.44. The number of halogens is 2. The molecule has 0 radical (unpaired) electrons. The van der Waals surface area contributed by atoms with E-state index < -0.39 is 11.6 Å². The van der Waals surface area contributed by atoms with Crippen molar-refractivity contribution in [3.63, 3.8) is 0 Å². The topological polar surface area (TPSA) is 15.3 Å². The van der Waals surface area contributed by atoms with Crippen molar-refractivity contribution in [2.24, 2.45) is 5.92 Å². The molecule has 0 bridgehead atoms. The molecule has 4 heteroatoms. The van der Waals surface area contributed by atoms with Crippen molar-refractivity contribution < 1.29 is 8.78 Å². The molecule has 2 nitrogen and oxygen atoms in total. The van der Waals surface area contributed by atoms with Gasteiger partial charge in [-0.25, -0.2) is 8.78 Å². The molecule has 0 spiro atoms. The Kier molecular flexibility index (Phi) is 7.21. The first kappa shape index (κ1) is 19.5. The molecule has 26 heavy (non-hydrogen) atoms. The second-order valence-corrected chi connectivity index (χ2v) is 8.08. The van der Waals surface area contributed by atoms with Crippen molar-refractivity contribution in [2.75, 3.05) is 26.2 Å². The minimum Gasteiger partial charge on any atom is -0.311 e. The Morgan fingerprint density at radius 3 is 2.73 bits per heavy atom. The van der Waals surface area contributed by atoms with Gasteiger partial charge in [0, 0.05) is 37.3 Å². The fourth-order valence-corrected chi connectivity index (χ4v) is 4.44. The van der Waals surface area contributed by atoms with E-state index in [4.69, 9.17) is 0 Å². The monoisotopic (exact) mass is 362 g/mol. The van der Waals surface area contributed by atoms with Gasteiger partial charge in [0.15, 0.2) is 0 Å². The van der Waals surface area contributed by atoms with Crippen LogP contribution in [0.4, 0.5) is 8.78 Å². The zero-order chi connectivity index (χ0) is 18.4. The first-order chi connectivity index (χ1) is 12.6. The van der Waals surface area contributed by atoms with E-state index in [1.807, 2.05) is 6.92 Å². The fourth-order valence-electron chi connectivity index (χ4n) is 4.44. The Morgan fingerprint density at radius 1 is 1.15 bits per heavy atom. The molecule has 1 atom stereocenters. The van der Waals surface area contributed by atoms with Gasteiger partial charge in [-0.05, 0) is 57.2 Å². The number of hydrogen-bond donors (Lipinski definition) is 1. The molecule has 1 aliphatic heterocycles. The van der Waals surface area contributed by atoms with Gasteiger partial charge in [-0.1, -0.05) is 30.9 Å². The van der Waals surface area contributed by atoms with E-state index in [2.05, 4.69) is 10.2 Å². The lowest BCUT2D eigenvalue weighted by molar-refractivity contribution is 0.185. The smallest absolute Gasteiger partial charge is 0.133 e. The van der Waals surface area contributed by atoms with Gasteiger partial charge >= 0.3 is 0 Å². The van der Waals surface area contributed by atoms with Crippen molar-refractivity contribution in [1.29, 1.82) is 0 Å². The highest BCUT2D eigenvalue weighted by molar-refractivity contribution is 5.53. The highest BCUT2D eigenvalue weighted by Crippen LogP contribution is 2.27. The third-order valence-electron chi connectivity index (χ3n) is 5.86. The van der Waals surface area contributed by atoms with Gasteiger partial charge < -0.3 is 5.32 Å². The molecular formula is C22H32F2N2. The van der Waals surface area contributed by atoms with Crippen LogP contribution in [0.2, 0.25) is 0 Å². The van der Waals surface area contributed by atoms with Crippen LogP contribution < -0.4 is 5.32 Å². The fraction of sp³-hybridized carbons (Fsp3) is 0.636. The van der Waals surface area contributed by atoms with Crippen LogP contribution in [0.25, 0.3) is 6.08 Å². The molecule has 2 fully saturated rings. The van der Waals surface area contributed by atoms with Crippen LogP contribution >= 0.6 is 0 Å². The van der Waals surface area contributed by atoms with Crippen LogP contribution in [0.15, 0.2) is 23.8 Å². The van der Waals surface area contributed by atoms with Crippen molar-refractivity contribution in [3.05, 3.63) is 41.0 Å². The van der Waals surface area contributed by atoms with Crippen molar-refractivity contribution in [3.8, 4) is 0 Å². The minimum absolute atomic E-state index is 0.450. The van der Waals surface area contributed by atoms with Gasteiger partial charge in [0.1, 0.15) is 11.6 Å². The van der Waals surface area contributed by atoms with Crippen LogP contribution in [-0.4, -0.2) is 37.1 Å². The average molecular weight is 363 g/mol. The second kappa shape index (κ2) is 9.61. The van der Waals surface area contributed by atoms with Crippen molar-refractivity contribution >= 4 is 6.08 Å². The molecule has 144 valence electrons. The van der Waals surface area contributed by atoms with Gasteiger partial charge in [0.05, 0.1) is 0 Å². The molecule has 0 aromatic heterocycles. The molecule has 1 saturated carbocycles. The summed E-state index contributed by atoms with van der Waals surface area (Å²) in [6.07, 6.45) is 11.4. The summed E-state index contributed by atoms with van der Waals surface area (Å²) in [5.41, 5.74) is 1.51. The number of hydrogen-bond acceptors (Lipinski definition) is 2. The summed E-state index contributed by atoms with van der Waals surface area (Å²) >= 11 is 0. The molecule has 0 amide bonds. The summed E-state index contributed by atoms with van der Waals surface area (Å²) in [5, 5.41) is 3.54. The summed E-state index contributed by atoms with van der Waals surface area (Å²) in [5.74, 6) is -0.138. The number of nitrogens with one attached hydrogen (secondary N) is 1. The highest BCUT2D eigenvalue weighted by atomic mass is 19.1. The summed E-state index contributed by atoms with van der Waals surface area (Å²) < 4.78 is 26.7. The minimum atomic E-state index is -0.533. The van der Waals surface area contributed by atoms with Gasteiger partial charge in [-0.15, -0.1) is 0 Å². The number of likely N-dealkylation sites (tertiary alicyclic amines) is 1. The van der Waals surface area contributed by atoms with Crippen LogP contribution in [0.3, 0.4) is 0 Å². The van der Waals surface area contributed by atoms with Crippen LogP contribution in [0.1, 0.15) is 57.4 Å². The molecule has 1 aliphatic carbocycles. The predicted molar refractivity (Wildman–Crippen MR) is 104 cm³/mol. The zero-order valence-corrected chi connectivity index (χ0v) is 15.9. The van der Waals surface area contributed by atoms with Crippen LogP contribution in [0, 0.1) is 17.6 Å². The SMILES string of the molecule is C/C(=C\c1ccc(F)cc1F)CNC[C@@H]1CCCN1CC1CCCCC1. The summed E-state index contributed by atoms with van der Waals surface area (Å²) in [6, 6.07) is 4.37. The molecule has 1 N–H and O–H groups in total. The van der Waals surface area contributed by atoms with E-state index in [0.717, 1.165) is 30.6 Å².